The van der Waals surface area contributed by atoms with E-state index in [0.29, 0.717) is 0 Å². The minimum Gasteiger partial charge on any atom is -0.115 e. The van der Waals surface area contributed by atoms with E-state index in [1.807, 2.05) is 43.3 Å². The van der Waals surface area contributed by atoms with Gasteiger partial charge < -0.3 is 0 Å². The number of terminal acetylenes is 1. The number of hydrogen-bond acceptors (Lipinski definition) is 0. The molecule has 0 amide bonds. The van der Waals surface area contributed by atoms with Crippen LogP contribution in [0.15, 0.2) is 35.9 Å². The van der Waals surface area contributed by atoms with Gasteiger partial charge in [0.05, 0.1) is 0 Å². The molecule has 0 saturated heterocycles. The molecule has 1 rings (SSSR count). The average Bonchev–Trinajstić information content (AvgIpc) is 2.06. The lowest BCUT2D eigenvalue weighted by atomic mass is 10.1. The summed E-state index contributed by atoms with van der Waals surface area (Å²) < 4.78 is 0. The van der Waals surface area contributed by atoms with Gasteiger partial charge in [0, 0.05) is 0 Å². The van der Waals surface area contributed by atoms with Gasteiger partial charge in [0.15, 0.2) is 0 Å². The Morgan fingerprint density at radius 1 is 1.36 bits per heavy atom. The summed E-state index contributed by atoms with van der Waals surface area (Å²) in [6.07, 6.45) is 7.19. The molecule has 11 heavy (non-hydrogen) atoms. The quantitative estimate of drug-likeness (QED) is 0.529. The van der Waals surface area contributed by atoms with Gasteiger partial charge in [-0.25, -0.2) is 0 Å². The minimum absolute atomic E-state index is 0.955. The molecule has 1 aromatic rings. The lowest BCUT2D eigenvalue weighted by Gasteiger charge is -1.91. The zero-order valence-electron chi connectivity index (χ0n) is 6.54. The molecule has 0 heteroatoms. The first kappa shape index (κ1) is 7.63. The van der Waals surface area contributed by atoms with Gasteiger partial charge in [0.25, 0.3) is 0 Å². The van der Waals surface area contributed by atoms with Crippen LogP contribution in [0.3, 0.4) is 0 Å². The smallest absolute Gasteiger partial charge is 0.000752 e. The lowest BCUT2D eigenvalue weighted by Crippen LogP contribution is -1.71. The van der Waals surface area contributed by atoms with E-state index >= 15 is 0 Å². The molecule has 0 fully saturated rings. The number of rotatable bonds is 1. The first-order valence-corrected chi connectivity index (χ1v) is 3.53. The summed E-state index contributed by atoms with van der Waals surface area (Å²) in [7, 11) is 0. The van der Waals surface area contributed by atoms with Crippen molar-refractivity contribution in [2.45, 2.75) is 6.92 Å². The van der Waals surface area contributed by atoms with E-state index in [4.69, 9.17) is 6.42 Å². The molecule has 0 heterocycles. The van der Waals surface area contributed by atoms with E-state index in [1.54, 1.807) is 0 Å². The Morgan fingerprint density at radius 3 is 2.55 bits per heavy atom. The van der Waals surface area contributed by atoms with Crippen LogP contribution in [0.1, 0.15) is 12.5 Å². The second kappa shape index (κ2) is 3.63. The van der Waals surface area contributed by atoms with Gasteiger partial charge in [0.2, 0.25) is 0 Å². The fourth-order valence-electron chi connectivity index (χ4n) is 0.841. The van der Waals surface area contributed by atoms with Crippen LogP contribution in [-0.4, -0.2) is 0 Å². The third-order valence-electron chi connectivity index (χ3n) is 1.41. The highest BCUT2D eigenvalue weighted by Gasteiger charge is 1.84. The summed E-state index contributed by atoms with van der Waals surface area (Å²) in [5, 5.41) is 0. The van der Waals surface area contributed by atoms with Gasteiger partial charge in [-0.15, -0.1) is 6.42 Å². The molecule has 1 aromatic carbocycles. The normalized spacial score (nSPS) is 10.7. The number of allylic oxidation sites excluding steroid dienone is 1. The van der Waals surface area contributed by atoms with Crippen molar-refractivity contribution in [2.24, 2.45) is 0 Å². The third kappa shape index (κ3) is 2.31. The fraction of sp³-hybridized carbons (Fsp3) is 0.0909. The van der Waals surface area contributed by atoms with Crippen molar-refractivity contribution in [3.05, 3.63) is 41.5 Å². The van der Waals surface area contributed by atoms with Gasteiger partial charge in [-0.05, 0) is 24.1 Å². The van der Waals surface area contributed by atoms with Crippen molar-refractivity contribution in [3.8, 4) is 12.3 Å². The number of benzene rings is 1. The molecule has 0 nitrogen and oxygen atoms in total. The summed E-state index contributed by atoms with van der Waals surface area (Å²) in [4.78, 5) is 0. The Bertz CT molecular complexity index is 286. The molecule has 0 radical (unpaired) electrons. The van der Waals surface area contributed by atoms with Crippen LogP contribution in [0.4, 0.5) is 0 Å². The molecule has 0 N–H and O–H groups in total. The SMILES string of the molecule is C#CC(C)=Cc1ccccc1. The first-order chi connectivity index (χ1) is 5.33. The molecule has 54 valence electrons. The Labute approximate surface area is 67.6 Å². The minimum atomic E-state index is 0.955. The largest absolute Gasteiger partial charge is 0.115 e. The van der Waals surface area contributed by atoms with E-state index in [0.717, 1.165) is 11.1 Å². The maximum Gasteiger partial charge on any atom is -0.000752 e. The van der Waals surface area contributed by atoms with E-state index < -0.39 is 0 Å². The van der Waals surface area contributed by atoms with E-state index in [9.17, 15) is 0 Å². The standard InChI is InChI=1S/C11H10/c1-3-10(2)9-11-7-5-4-6-8-11/h1,4-9H,2H3. The average molecular weight is 142 g/mol. The molecule has 0 unspecified atom stereocenters. The highest BCUT2D eigenvalue weighted by Crippen LogP contribution is 2.04. The number of hydrogen-bond donors (Lipinski definition) is 0. The Balaban J connectivity index is 2.90. The molecule has 0 aliphatic rings. The third-order valence-corrected chi connectivity index (χ3v) is 1.41. The van der Waals surface area contributed by atoms with Gasteiger partial charge in [0.1, 0.15) is 0 Å². The van der Waals surface area contributed by atoms with Crippen LogP contribution in [0.2, 0.25) is 0 Å². The molecule has 0 aliphatic heterocycles. The maximum atomic E-state index is 5.20. The zero-order chi connectivity index (χ0) is 8.10. The van der Waals surface area contributed by atoms with Crippen molar-refractivity contribution in [2.75, 3.05) is 0 Å². The van der Waals surface area contributed by atoms with Crippen LogP contribution in [-0.2, 0) is 0 Å². The first-order valence-electron chi connectivity index (χ1n) is 3.53. The highest BCUT2D eigenvalue weighted by atomic mass is 13.9. The van der Waals surface area contributed by atoms with E-state index in [2.05, 4.69) is 5.92 Å². The molecule has 0 aliphatic carbocycles. The second-order valence-corrected chi connectivity index (χ2v) is 2.38. The Morgan fingerprint density at radius 2 is 2.00 bits per heavy atom. The summed E-state index contributed by atoms with van der Waals surface area (Å²) >= 11 is 0. The summed E-state index contributed by atoms with van der Waals surface area (Å²) in [6, 6.07) is 10.0. The van der Waals surface area contributed by atoms with Crippen molar-refractivity contribution < 1.29 is 0 Å². The van der Waals surface area contributed by atoms with Gasteiger partial charge in [-0.2, -0.15) is 0 Å². The monoisotopic (exact) mass is 142 g/mol. The molecule has 0 bridgehead atoms. The summed E-state index contributed by atoms with van der Waals surface area (Å²) in [6.45, 7) is 1.92. The topological polar surface area (TPSA) is 0 Å². The Kier molecular flexibility index (Phi) is 2.52. The van der Waals surface area contributed by atoms with Crippen LogP contribution in [0.5, 0.6) is 0 Å². The van der Waals surface area contributed by atoms with Gasteiger partial charge in [-0.1, -0.05) is 36.3 Å². The van der Waals surface area contributed by atoms with Crippen molar-refractivity contribution in [1.29, 1.82) is 0 Å². The summed E-state index contributed by atoms with van der Waals surface area (Å²) in [5.41, 5.74) is 2.11. The molecular formula is C11H10. The lowest BCUT2D eigenvalue weighted by molar-refractivity contribution is 1.59. The zero-order valence-corrected chi connectivity index (χ0v) is 6.54. The fourth-order valence-corrected chi connectivity index (χ4v) is 0.841. The predicted molar refractivity (Wildman–Crippen MR) is 48.9 cm³/mol. The van der Waals surface area contributed by atoms with E-state index in [-0.39, 0.29) is 0 Å². The van der Waals surface area contributed by atoms with Gasteiger partial charge >= 0.3 is 0 Å². The second-order valence-electron chi connectivity index (χ2n) is 2.38. The van der Waals surface area contributed by atoms with Crippen molar-refractivity contribution >= 4 is 6.08 Å². The van der Waals surface area contributed by atoms with Crippen LogP contribution >= 0.6 is 0 Å². The molecule has 0 saturated carbocycles. The highest BCUT2D eigenvalue weighted by molar-refractivity contribution is 5.56. The van der Waals surface area contributed by atoms with E-state index in [1.165, 1.54) is 0 Å². The summed E-state index contributed by atoms with van der Waals surface area (Å²) in [5.74, 6) is 2.57. The predicted octanol–water partition coefficient (Wildman–Crippen LogP) is 2.72. The molecule has 0 aromatic heterocycles. The van der Waals surface area contributed by atoms with Crippen molar-refractivity contribution in [1.82, 2.24) is 0 Å². The van der Waals surface area contributed by atoms with Gasteiger partial charge in [-0.3, -0.25) is 0 Å². The van der Waals surface area contributed by atoms with Crippen LogP contribution in [0.25, 0.3) is 6.08 Å². The molecule has 0 atom stereocenters. The van der Waals surface area contributed by atoms with Crippen LogP contribution in [0, 0.1) is 12.3 Å². The molecule has 0 spiro atoms. The van der Waals surface area contributed by atoms with Crippen molar-refractivity contribution in [3.63, 3.8) is 0 Å². The Hall–Kier alpha value is -1.48. The molecular weight excluding hydrogens is 132 g/mol. The van der Waals surface area contributed by atoms with Crippen LogP contribution < -0.4 is 0 Å². The maximum absolute atomic E-state index is 5.20.